The highest BCUT2D eigenvalue weighted by Gasteiger charge is 2.31. The highest BCUT2D eigenvalue weighted by atomic mass is 16.7. The van der Waals surface area contributed by atoms with Gasteiger partial charge in [-0.15, -0.1) is 0 Å². The summed E-state index contributed by atoms with van der Waals surface area (Å²) in [6.45, 7) is 2.06. The summed E-state index contributed by atoms with van der Waals surface area (Å²) in [7, 11) is 0. The van der Waals surface area contributed by atoms with Gasteiger partial charge < -0.3 is 30.2 Å². The Labute approximate surface area is 155 Å². The fraction of sp³-hybridized carbons (Fsp3) is 0.263. The molecule has 1 atom stereocenters. The summed E-state index contributed by atoms with van der Waals surface area (Å²) >= 11 is 0. The minimum atomic E-state index is -0.590. The number of para-hydroxylation sites is 2. The van der Waals surface area contributed by atoms with E-state index in [1.807, 2.05) is 12.1 Å². The first-order chi connectivity index (χ1) is 13.0. The van der Waals surface area contributed by atoms with Gasteiger partial charge in [-0.1, -0.05) is 12.1 Å². The van der Waals surface area contributed by atoms with Gasteiger partial charge in [0.15, 0.2) is 17.6 Å². The van der Waals surface area contributed by atoms with E-state index >= 15 is 0 Å². The predicted molar refractivity (Wildman–Crippen MR) is 99.1 cm³/mol. The monoisotopic (exact) mass is 369 g/mol. The first-order valence-electron chi connectivity index (χ1n) is 8.59. The molecule has 0 fully saturated rings. The Hall–Kier alpha value is -3.42. The molecule has 8 nitrogen and oxygen atoms in total. The fourth-order valence-corrected chi connectivity index (χ4v) is 3.08. The van der Waals surface area contributed by atoms with Gasteiger partial charge in [0.05, 0.1) is 17.1 Å². The van der Waals surface area contributed by atoms with E-state index in [9.17, 15) is 9.59 Å². The van der Waals surface area contributed by atoms with Crippen LogP contribution in [-0.2, 0) is 9.59 Å². The number of rotatable bonds is 4. The fourth-order valence-electron chi connectivity index (χ4n) is 3.08. The summed E-state index contributed by atoms with van der Waals surface area (Å²) in [4.78, 5) is 26.4. The number of nitrogens with two attached hydrogens (primary N) is 1. The van der Waals surface area contributed by atoms with E-state index in [0.29, 0.717) is 34.3 Å². The van der Waals surface area contributed by atoms with Crippen molar-refractivity contribution in [1.29, 1.82) is 0 Å². The topological polar surface area (TPSA) is 103 Å². The highest BCUT2D eigenvalue weighted by Crippen LogP contribution is 2.38. The van der Waals surface area contributed by atoms with Crippen LogP contribution < -0.4 is 30.2 Å². The number of hydrogen-bond acceptors (Lipinski definition) is 6. The van der Waals surface area contributed by atoms with Gasteiger partial charge in [0.2, 0.25) is 12.7 Å². The van der Waals surface area contributed by atoms with E-state index in [1.54, 1.807) is 36.1 Å². The Bertz CT molecular complexity index is 914. The summed E-state index contributed by atoms with van der Waals surface area (Å²) in [6, 6.07) is 10.5. The minimum absolute atomic E-state index is 0.112. The third kappa shape index (κ3) is 3.21. The molecule has 2 aromatic rings. The second-order valence-electron chi connectivity index (χ2n) is 6.31. The quantitative estimate of drug-likeness (QED) is 0.801. The zero-order valence-electron chi connectivity index (χ0n) is 14.7. The van der Waals surface area contributed by atoms with Crippen molar-refractivity contribution in [3.8, 4) is 17.2 Å². The van der Waals surface area contributed by atoms with Crippen molar-refractivity contribution in [2.45, 2.75) is 19.4 Å². The molecule has 1 unspecified atom stereocenters. The van der Waals surface area contributed by atoms with Crippen LogP contribution in [0.3, 0.4) is 0 Å². The van der Waals surface area contributed by atoms with Crippen molar-refractivity contribution in [2.75, 3.05) is 29.3 Å². The number of ether oxygens (including phenoxy) is 3. The normalized spacial score (nSPS) is 17.3. The average Bonchev–Trinajstić information content (AvgIpc) is 3.09. The molecule has 2 heterocycles. The van der Waals surface area contributed by atoms with Crippen LogP contribution in [0.1, 0.15) is 13.3 Å². The molecule has 0 aromatic heterocycles. The maximum absolute atomic E-state index is 12.5. The standard InChI is InChI=1S/C19H19N3O5/c1-11-19(24)22(14-4-2-3-5-15(14)27-11)7-6-18(23)21-13-9-17-16(8-12(13)20)25-10-26-17/h2-5,8-9,11H,6-7,10,20H2,1H3,(H,21,23). The maximum atomic E-state index is 12.5. The molecule has 4 rings (SSSR count). The van der Waals surface area contributed by atoms with Crippen molar-refractivity contribution >= 4 is 28.9 Å². The Morgan fingerprint density at radius 3 is 2.78 bits per heavy atom. The second kappa shape index (κ2) is 6.71. The van der Waals surface area contributed by atoms with Gasteiger partial charge in [-0.25, -0.2) is 0 Å². The lowest BCUT2D eigenvalue weighted by molar-refractivity contribution is -0.125. The SMILES string of the molecule is CC1Oc2ccccc2N(CCC(=O)Nc2cc3c(cc2N)OCO3)C1=O. The molecule has 0 saturated carbocycles. The van der Waals surface area contributed by atoms with Gasteiger partial charge in [0.1, 0.15) is 5.75 Å². The molecule has 0 spiro atoms. The maximum Gasteiger partial charge on any atom is 0.267 e. The molecule has 2 aliphatic heterocycles. The Morgan fingerprint density at radius 2 is 1.96 bits per heavy atom. The molecule has 0 aliphatic carbocycles. The molecule has 0 radical (unpaired) electrons. The number of nitrogen functional groups attached to an aromatic ring is 1. The van der Waals surface area contributed by atoms with Crippen molar-refractivity contribution in [3.63, 3.8) is 0 Å². The van der Waals surface area contributed by atoms with Crippen LogP contribution in [0.15, 0.2) is 36.4 Å². The molecule has 3 N–H and O–H groups in total. The number of carbonyl (C=O) groups excluding carboxylic acids is 2. The molecule has 2 aliphatic rings. The van der Waals surface area contributed by atoms with Crippen molar-refractivity contribution < 1.29 is 23.8 Å². The van der Waals surface area contributed by atoms with Crippen LogP contribution in [0, 0.1) is 0 Å². The van der Waals surface area contributed by atoms with Gasteiger partial charge in [0.25, 0.3) is 5.91 Å². The van der Waals surface area contributed by atoms with E-state index < -0.39 is 6.10 Å². The predicted octanol–water partition coefficient (Wildman–Crippen LogP) is 2.14. The lowest BCUT2D eigenvalue weighted by atomic mass is 10.1. The number of anilines is 3. The van der Waals surface area contributed by atoms with Crippen molar-refractivity contribution in [3.05, 3.63) is 36.4 Å². The number of fused-ring (bicyclic) bond motifs is 2. The number of amides is 2. The van der Waals surface area contributed by atoms with Gasteiger partial charge in [-0.3, -0.25) is 9.59 Å². The number of hydrogen-bond donors (Lipinski definition) is 2. The van der Waals surface area contributed by atoms with E-state index in [-0.39, 0.29) is 31.6 Å². The van der Waals surface area contributed by atoms with Gasteiger partial charge in [-0.05, 0) is 19.1 Å². The molecule has 8 heteroatoms. The molecular formula is C19H19N3O5. The number of benzene rings is 2. The van der Waals surface area contributed by atoms with Crippen molar-refractivity contribution in [1.82, 2.24) is 0 Å². The van der Waals surface area contributed by atoms with Crippen LogP contribution in [0.4, 0.5) is 17.1 Å². The summed E-state index contributed by atoms with van der Waals surface area (Å²) < 4.78 is 16.2. The highest BCUT2D eigenvalue weighted by molar-refractivity contribution is 6.01. The summed E-state index contributed by atoms with van der Waals surface area (Å²) in [5, 5.41) is 2.76. The summed E-state index contributed by atoms with van der Waals surface area (Å²) in [6.07, 6.45) is -0.479. The van der Waals surface area contributed by atoms with Gasteiger partial charge in [-0.2, -0.15) is 0 Å². The average molecular weight is 369 g/mol. The van der Waals surface area contributed by atoms with E-state index in [0.717, 1.165) is 0 Å². The summed E-state index contributed by atoms with van der Waals surface area (Å²) in [5.74, 6) is 1.28. The Kier molecular flexibility index (Phi) is 4.23. The van der Waals surface area contributed by atoms with E-state index in [4.69, 9.17) is 19.9 Å². The van der Waals surface area contributed by atoms with Crippen LogP contribution in [0.5, 0.6) is 17.2 Å². The number of carbonyl (C=O) groups is 2. The van der Waals surface area contributed by atoms with Crippen LogP contribution >= 0.6 is 0 Å². The third-order valence-electron chi connectivity index (χ3n) is 4.45. The number of nitrogens with zero attached hydrogens (tertiary/aromatic N) is 1. The smallest absolute Gasteiger partial charge is 0.267 e. The van der Waals surface area contributed by atoms with Gasteiger partial charge >= 0.3 is 0 Å². The Balaban J connectivity index is 1.45. The molecular weight excluding hydrogens is 350 g/mol. The molecule has 27 heavy (non-hydrogen) atoms. The molecule has 140 valence electrons. The van der Waals surface area contributed by atoms with E-state index in [1.165, 1.54) is 0 Å². The molecule has 2 aromatic carbocycles. The number of nitrogens with one attached hydrogen (secondary N) is 1. The third-order valence-corrected chi connectivity index (χ3v) is 4.45. The first-order valence-corrected chi connectivity index (χ1v) is 8.59. The minimum Gasteiger partial charge on any atom is -0.479 e. The Morgan fingerprint density at radius 1 is 1.22 bits per heavy atom. The zero-order valence-corrected chi connectivity index (χ0v) is 14.7. The van der Waals surface area contributed by atoms with Crippen LogP contribution in [0.25, 0.3) is 0 Å². The second-order valence-corrected chi connectivity index (χ2v) is 6.31. The zero-order chi connectivity index (χ0) is 19.0. The largest absolute Gasteiger partial charge is 0.479 e. The van der Waals surface area contributed by atoms with E-state index in [2.05, 4.69) is 5.32 Å². The molecule has 0 saturated heterocycles. The molecule has 2 amide bonds. The van der Waals surface area contributed by atoms with Crippen LogP contribution in [0.2, 0.25) is 0 Å². The first kappa shape index (κ1) is 17.0. The lowest BCUT2D eigenvalue weighted by Crippen LogP contribution is -2.45. The van der Waals surface area contributed by atoms with Crippen LogP contribution in [-0.4, -0.2) is 31.3 Å². The molecule has 0 bridgehead atoms. The van der Waals surface area contributed by atoms with Crippen molar-refractivity contribution in [2.24, 2.45) is 0 Å². The van der Waals surface area contributed by atoms with Gasteiger partial charge in [0, 0.05) is 25.1 Å². The summed E-state index contributed by atoms with van der Waals surface area (Å²) in [5.41, 5.74) is 7.45. The lowest BCUT2D eigenvalue weighted by Gasteiger charge is -2.32.